The van der Waals surface area contributed by atoms with Crippen molar-refractivity contribution in [1.29, 1.82) is 0 Å². The van der Waals surface area contributed by atoms with Crippen LogP contribution >= 0.6 is 0 Å². The second-order valence-electron chi connectivity index (χ2n) is 10.7. The van der Waals surface area contributed by atoms with E-state index in [9.17, 15) is 4.79 Å². The number of aryl methyl sites for hydroxylation is 1. The molecule has 6 rings (SSSR count). The predicted molar refractivity (Wildman–Crippen MR) is 168 cm³/mol. The first-order valence-electron chi connectivity index (χ1n) is 14.6. The van der Waals surface area contributed by atoms with E-state index >= 15 is 8.78 Å². The first-order valence-corrected chi connectivity index (χ1v) is 14.6. The molecule has 1 aliphatic rings. The van der Waals surface area contributed by atoms with Crippen LogP contribution in [0.4, 0.5) is 20.3 Å². The van der Waals surface area contributed by atoms with Gasteiger partial charge in [-0.1, -0.05) is 0 Å². The van der Waals surface area contributed by atoms with Gasteiger partial charge >= 0.3 is 0 Å². The molecular weight excluding hydrogens is 596 g/mol. The predicted octanol–water partition coefficient (Wildman–Crippen LogP) is 5.21. The van der Waals surface area contributed by atoms with E-state index in [1.807, 2.05) is 30.0 Å². The summed E-state index contributed by atoms with van der Waals surface area (Å²) in [5, 5.41) is 10.1. The summed E-state index contributed by atoms with van der Waals surface area (Å²) in [6.07, 6.45) is 9.71. The van der Waals surface area contributed by atoms with Gasteiger partial charge in [0, 0.05) is 54.7 Å². The Kier molecular flexibility index (Phi) is 10.1. The zero-order valence-corrected chi connectivity index (χ0v) is 25.1. The number of fused-ring (bicyclic) bond motifs is 1. The molecule has 1 amide bonds. The van der Waals surface area contributed by atoms with Crippen LogP contribution < -0.4 is 15.8 Å². The normalized spacial score (nSPS) is 13.2. The lowest BCUT2D eigenvalue weighted by Crippen LogP contribution is -2.40. The highest BCUT2D eigenvalue weighted by Crippen LogP contribution is 2.32. The van der Waals surface area contributed by atoms with Crippen LogP contribution in [0.15, 0.2) is 73.4 Å². The number of carboxylic acid groups (broad SMARTS) is 1. The summed E-state index contributed by atoms with van der Waals surface area (Å²) in [4.78, 5) is 36.2. The Hall–Kier alpha value is -5.43. The van der Waals surface area contributed by atoms with Gasteiger partial charge in [-0.3, -0.25) is 19.0 Å². The molecule has 1 saturated heterocycles. The van der Waals surface area contributed by atoms with Gasteiger partial charge in [-0.15, -0.1) is 0 Å². The van der Waals surface area contributed by atoms with Crippen LogP contribution in [0.5, 0.6) is 5.75 Å². The molecule has 4 N–H and O–H groups in total. The van der Waals surface area contributed by atoms with Crippen molar-refractivity contribution in [2.45, 2.75) is 26.4 Å². The van der Waals surface area contributed by atoms with Gasteiger partial charge in [-0.2, -0.15) is 4.39 Å². The van der Waals surface area contributed by atoms with Gasteiger partial charge in [0.05, 0.1) is 11.9 Å². The Labute approximate surface area is 263 Å². The smallest absolute Gasteiger partial charge is 0.290 e. The van der Waals surface area contributed by atoms with Gasteiger partial charge < -0.3 is 25.8 Å². The number of amides is 1. The lowest BCUT2D eigenvalue weighted by Gasteiger charge is -2.31. The minimum Gasteiger partial charge on any atom is -0.486 e. The highest BCUT2D eigenvalue weighted by Gasteiger charge is 2.24. The number of nitrogens with zero attached hydrogens (tertiary/aromatic N) is 5. The van der Waals surface area contributed by atoms with Crippen molar-refractivity contribution < 1.29 is 28.2 Å². The maximum Gasteiger partial charge on any atom is 0.290 e. The molecule has 238 valence electrons. The minimum absolute atomic E-state index is 0.0145. The van der Waals surface area contributed by atoms with Crippen LogP contribution in [-0.4, -0.2) is 61.4 Å². The van der Waals surface area contributed by atoms with E-state index in [-0.39, 0.29) is 30.3 Å². The molecule has 0 atom stereocenters. The minimum atomic E-state index is -1.08. The zero-order valence-electron chi connectivity index (χ0n) is 25.1. The molecule has 0 radical (unpaired) electrons. The topological polar surface area (TPSA) is 148 Å². The first kappa shape index (κ1) is 32.0. The monoisotopic (exact) mass is 629 g/mol. The Balaban J connectivity index is 0.00000134. The fourth-order valence-corrected chi connectivity index (χ4v) is 5.35. The van der Waals surface area contributed by atoms with Crippen LogP contribution in [-0.2, 0) is 11.4 Å². The summed E-state index contributed by atoms with van der Waals surface area (Å²) in [5.74, 6) is -1.39. The van der Waals surface area contributed by atoms with Gasteiger partial charge in [-0.05, 0) is 85.8 Å². The molecule has 5 aromatic rings. The molecule has 0 bridgehead atoms. The number of carbonyl (C=O) groups is 2. The Morgan fingerprint density at radius 3 is 2.52 bits per heavy atom. The lowest BCUT2D eigenvalue weighted by molar-refractivity contribution is -0.122. The van der Waals surface area contributed by atoms with Crippen LogP contribution in [0.3, 0.4) is 0 Å². The number of aromatic nitrogens is 4. The number of anilines is 2. The number of benzene rings is 2. The first-order chi connectivity index (χ1) is 22.3. The number of nitrogens with one attached hydrogen (secondary N) is 1. The van der Waals surface area contributed by atoms with Gasteiger partial charge in [-0.25, -0.2) is 14.4 Å². The third kappa shape index (κ3) is 6.94. The zero-order chi connectivity index (χ0) is 32.6. The lowest BCUT2D eigenvalue weighted by atomic mass is 9.96. The van der Waals surface area contributed by atoms with E-state index in [4.69, 9.17) is 20.4 Å². The quantitative estimate of drug-likeness (QED) is 0.197. The highest BCUT2D eigenvalue weighted by molar-refractivity contribution is 5.96. The SMILES string of the molecule is Cc1cc(Nc2nccn3c(-c4ccc(OCc5ccncc5)c(F)c4F)cnc23)ccc1C(=O)N1CCC(CN)CC1.O=CO. The second-order valence-corrected chi connectivity index (χ2v) is 10.7. The molecule has 0 saturated carbocycles. The number of carbonyl (C=O) groups excluding carboxylic acids is 1. The fourth-order valence-electron chi connectivity index (χ4n) is 5.35. The molecular formula is C33H33F2N7O4. The standard InChI is InChI=1S/C32H31F2N7O2.CH2O2/c1-20-16-23(2-3-24(20)32(42)40-13-8-21(17-35)9-14-40)39-30-31-38-18-26(41(31)15-12-37-30)25-4-5-27(29(34)28(25)33)43-19-22-6-10-36-11-7-22;2-1-3/h2-7,10-12,15-16,18,21H,8-9,13-14,17,19,35H2,1H3,(H,37,39);1H,(H,2,3). The summed E-state index contributed by atoms with van der Waals surface area (Å²) in [7, 11) is 0. The van der Waals surface area contributed by atoms with Crippen molar-refractivity contribution in [2.24, 2.45) is 11.7 Å². The van der Waals surface area contributed by atoms with Gasteiger partial charge in [0.2, 0.25) is 5.82 Å². The molecule has 4 heterocycles. The van der Waals surface area contributed by atoms with Crippen molar-refractivity contribution in [3.05, 3.63) is 102 Å². The second kappa shape index (κ2) is 14.6. The molecule has 46 heavy (non-hydrogen) atoms. The molecule has 0 aliphatic carbocycles. The fraction of sp³-hybridized carbons (Fsp3) is 0.242. The molecule has 3 aromatic heterocycles. The van der Waals surface area contributed by atoms with Crippen LogP contribution in [0, 0.1) is 24.5 Å². The molecule has 11 nitrogen and oxygen atoms in total. The summed E-state index contributed by atoms with van der Waals surface area (Å²) in [6.45, 7) is 3.80. The average Bonchev–Trinajstić information content (AvgIpc) is 3.51. The molecule has 1 fully saturated rings. The number of pyridine rings is 1. The van der Waals surface area contributed by atoms with Crippen molar-refractivity contribution in [3.63, 3.8) is 0 Å². The third-order valence-electron chi connectivity index (χ3n) is 7.85. The molecule has 2 aromatic carbocycles. The van der Waals surface area contributed by atoms with E-state index in [0.717, 1.165) is 24.0 Å². The van der Waals surface area contributed by atoms with Crippen molar-refractivity contribution in [2.75, 3.05) is 25.0 Å². The van der Waals surface area contributed by atoms with Crippen molar-refractivity contribution in [3.8, 4) is 17.0 Å². The maximum absolute atomic E-state index is 15.3. The van der Waals surface area contributed by atoms with Crippen LogP contribution in [0.1, 0.15) is 34.3 Å². The van der Waals surface area contributed by atoms with Crippen molar-refractivity contribution in [1.82, 2.24) is 24.3 Å². The summed E-state index contributed by atoms with van der Waals surface area (Å²) in [6, 6.07) is 11.9. The molecule has 0 spiro atoms. The molecule has 1 aliphatic heterocycles. The Morgan fingerprint density at radius 1 is 1.09 bits per heavy atom. The third-order valence-corrected chi connectivity index (χ3v) is 7.85. The number of piperidine rings is 1. The van der Waals surface area contributed by atoms with E-state index in [2.05, 4.69) is 20.3 Å². The number of halogens is 2. The van der Waals surface area contributed by atoms with Gasteiger partial charge in [0.15, 0.2) is 23.0 Å². The van der Waals surface area contributed by atoms with E-state index in [1.165, 1.54) is 18.3 Å². The number of nitrogens with two attached hydrogens (primary N) is 1. The number of imidazole rings is 1. The highest BCUT2D eigenvalue weighted by atomic mass is 19.2. The largest absolute Gasteiger partial charge is 0.486 e. The number of hydrogen-bond acceptors (Lipinski definition) is 8. The van der Waals surface area contributed by atoms with Crippen molar-refractivity contribution >= 4 is 29.5 Å². The van der Waals surface area contributed by atoms with Crippen LogP contribution in [0.2, 0.25) is 0 Å². The maximum atomic E-state index is 15.3. The van der Waals surface area contributed by atoms with E-state index < -0.39 is 11.6 Å². The van der Waals surface area contributed by atoms with E-state index in [0.29, 0.717) is 54.0 Å². The van der Waals surface area contributed by atoms with E-state index in [1.54, 1.807) is 41.3 Å². The number of hydrogen-bond donors (Lipinski definition) is 3. The summed E-state index contributed by atoms with van der Waals surface area (Å²) < 4.78 is 37.4. The molecule has 13 heteroatoms. The Morgan fingerprint density at radius 2 is 1.83 bits per heavy atom. The molecule has 0 unspecified atom stereocenters. The van der Waals surface area contributed by atoms with Gasteiger partial charge in [0.1, 0.15) is 6.61 Å². The van der Waals surface area contributed by atoms with Crippen LogP contribution in [0.25, 0.3) is 16.9 Å². The summed E-state index contributed by atoms with van der Waals surface area (Å²) >= 11 is 0. The number of ether oxygens (including phenoxy) is 1. The average molecular weight is 630 g/mol. The number of rotatable bonds is 8. The number of likely N-dealkylation sites (tertiary alicyclic amines) is 1. The summed E-state index contributed by atoms with van der Waals surface area (Å²) in [5.41, 5.74) is 9.59. The van der Waals surface area contributed by atoms with Gasteiger partial charge in [0.25, 0.3) is 12.4 Å². The Bertz CT molecular complexity index is 1830.